The number of para-hydroxylation sites is 12. The Balaban J connectivity index is 0.000000100. The summed E-state index contributed by atoms with van der Waals surface area (Å²) in [6.07, 6.45) is 2.94. The maximum absolute atomic E-state index is 5.71. The maximum atomic E-state index is 5.71. The molecular weight excluding hydrogens is 838 g/mol. The third-order valence-corrected chi connectivity index (χ3v) is 13.0. The van der Waals surface area contributed by atoms with Crippen LogP contribution < -0.4 is 25.1 Å². The average molecular weight is 874 g/mol. The van der Waals surface area contributed by atoms with E-state index in [1.807, 2.05) is 109 Å². The first-order chi connectivity index (χ1) is 30.2. The van der Waals surface area contributed by atoms with Crippen LogP contribution in [0.3, 0.4) is 0 Å². The van der Waals surface area contributed by atoms with Crippen molar-refractivity contribution in [3.63, 3.8) is 0 Å². The Morgan fingerprint density at radius 1 is 0.426 bits per heavy atom. The number of hydrogen-bond donors (Lipinski definition) is 2. The Kier molecular flexibility index (Phi) is 12.3. The fraction of sp³-hybridized carbons (Fsp3) is 0. The van der Waals surface area contributed by atoms with Gasteiger partial charge in [-0.25, -0.2) is 14.6 Å². The first-order valence-electron chi connectivity index (χ1n) is 19.4. The van der Waals surface area contributed by atoms with Crippen molar-refractivity contribution in [2.75, 3.05) is 10.6 Å². The minimum absolute atomic E-state index is 0.133. The molecule has 2 aromatic heterocycles. The minimum Gasteiger partial charge on any atom is -0.453 e. The number of hydrogen-bond acceptors (Lipinski definition) is 10. The summed E-state index contributed by atoms with van der Waals surface area (Å²) in [5, 5.41) is 14.4. The van der Waals surface area contributed by atoms with E-state index in [4.69, 9.17) is 4.74 Å². The Morgan fingerprint density at radius 3 is 1.43 bits per heavy atom. The van der Waals surface area contributed by atoms with E-state index >= 15 is 0 Å². The van der Waals surface area contributed by atoms with Crippen LogP contribution in [0.25, 0.3) is 22.1 Å². The standard InChI is InChI=1S/C12H8AsN.C12H8N2.C12H9NO.C12H9NS.C2H2N2O/c1-3-7-11-9(5-1)13-10-6-2-4-8-12(10)14-11;1-2-6-10-9(5-1)13-11-7-3-4-8-12(11)14-10;2*1-3-7-11-9(5-1)13-10-6-2-4-8-12(10)14-11;1-2-4-5-3-1/h2*1-8H;2*1-8,13H;1-2H. The summed E-state index contributed by atoms with van der Waals surface area (Å²) in [6.45, 7) is 0. The largest absolute Gasteiger partial charge is 0.453 e. The minimum atomic E-state index is 0.133. The van der Waals surface area contributed by atoms with Crippen LogP contribution in [0.5, 0.6) is 11.5 Å². The van der Waals surface area contributed by atoms with Gasteiger partial charge in [-0.15, -0.1) is 0 Å². The zero-order valence-electron chi connectivity index (χ0n) is 32.5. The number of rotatable bonds is 0. The van der Waals surface area contributed by atoms with Crippen LogP contribution in [0.15, 0.2) is 226 Å². The molecule has 8 aromatic carbocycles. The van der Waals surface area contributed by atoms with E-state index in [0.717, 1.165) is 56.0 Å². The van der Waals surface area contributed by atoms with Gasteiger partial charge in [0.1, 0.15) is 0 Å². The monoisotopic (exact) mass is 873 g/mol. The quantitative estimate of drug-likeness (QED) is 0.114. The molecular formula is C50H36AsN7O2S. The van der Waals surface area contributed by atoms with E-state index in [1.165, 1.54) is 41.9 Å². The van der Waals surface area contributed by atoms with E-state index < -0.39 is 0 Å². The van der Waals surface area contributed by atoms with Gasteiger partial charge in [-0.1, -0.05) is 94.9 Å². The van der Waals surface area contributed by atoms with Crippen LogP contribution in [0.2, 0.25) is 0 Å². The molecule has 9 nitrogen and oxygen atoms in total. The molecule has 0 atom stereocenters. The molecule has 0 bridgehead atoms. The topological polar surface area (TPSA) is 110 Å². The van der Waals surface area contributed by atoms with Crippen molar-refractivity contribution in [3.8, 4) is 11.5 Å². The zero-order valence-corrected chi connectivity index (χ0v) is 35.2. The van der Waals surface area contributed by atoms with Gasteiger partial charge in [0.15, 0.2) is 11.5 Å². The second kappa shape index (κ2) is 19.1. The normalized spacial score (nSPS) is 11.8. The fourth-order valence-corrected chi connectivity index (χ4v) is 9.64. The Bertz CT molecular complexity index is 2760. The zero-order chi connectivity index (χ0) is 41.1. The molecule has 5 heterocycles. The SMILES string of the molecule is c1ccc2c(c1)N=c1ccccc1=[As]2.c1ccc2c(c1)Nc1ccccc1O2.c1ccc2c(c1)Nc1ccccc1S2.c1ccc2nc3ccccc3nc2c1.c1cnon1. The molecule has 0 spiro atoms. The summed E-state index contributed by atoms with van der Waals surface area (Å²) in [5.41, 5.74) is 9.41. The molecule has 0 aliphatic carbocycles. The smallest absolute Gasteiger partial charge is 0.150 e. The van der Waals surface area contributed by atoms with Crippen molar-refractivity contribution in [2.24, 2.45) is 4.99 Å². The van der Waals surface area contributed by atoms with Crippen molar-refractivity contribution >= 4 is 81.9 Å². The molecule has 0 fully saturated rings. The van der Waals surface area contributed by atoms with Gasteiger partial charge in [-0.2, -0.15) is 0 Å². The number of ether oxygens (including phenoxy) is 1. The van der Waals surface area contributed by atoms with E-state index in [2.05, 4.69) is 138 Å². The summed E-state index contributed by atoms with van der Waals surface area (Å²) < 4.78 is 12.6. The number of fused-ring (bicyclic) bond motifs is 8. The number of nitrogens with zero attached hydrogens (tertiary/aromatic N) is 5. The summed E-state index contributed by atoms with van der Waals surface area (Å²) in [5.74, 6) is 1.76. The van der Waals surface area contributed by atoms with E-state index in [9.17, 15) is 0 Å². The third-order valence-electron chi connectivity index (χ3n) is 9.30. The molecule has 10 aromatic rings. The van der Waals surface area contributed by atoms with Gasteiger partial charge >= 0.3 is 88.2 Å². The Labute approximate surface area is 362 Å². The van der Waals surface area contributed by atoms with Gasteiger partial charge in [-0.3, -0.25) is 0 Å². The van der Waals surface area contributed by atoms with Gasteiger partial charge in [0.2, 0.25) is 0 Å². The summed E-state index contributed by atoms with van der Waals surface area (Å²) in [4.78, 5) is 16.3. The van der Waals surface area contributed by atoms with Crippen LogP contribution in [-0.4, -0.2) is 35.6 Å². The van der Waals surface area contributed by atoms with Gasteiger partial charge in [0, 0.05) is 9.79 Å². The molecule has 13 rings (SSSR count). The summed E-state index contributed by atoms with van der Waals surface area (Å²) in [7, 11) is 0. The Morgan fingerprint density at radius 2 is 0.869 bits per heavy atom. The predicted molar refractivity (Wildman–Crippen MR) is 246 cm³/mol. The van der Waals surface area contributed by atoms with Crippen LogP contribution in [0, 0.1) is 3.95 Å². The second-order valence-corrected chi connectivity index (χ2v) is 17.0. The van der Waals surface area contributed by atoms with E-state index in [0.29, 0.717) is 0 Å². The van der Waals surface area contributed by atoms with E-state index in [1.54, 1.807) is 0 Å². The fourth-order valence-electron chi connectivity index (χ4n) is 6.43. The van der Waals surface area contributed by atoms with Crippen LogP contribution in [-0.2, 0) is 0 Å². The van der Waals surface area contributed by atoms with Crippen molar-refractivity contribution in [2.45, 2.75) is 9.79 Å². The van der Waals surface area contributed by atoms with E-state index in [-0.39, 0.29) is 15.3 Å². The number of anilines is 4. The Hall–Kier alpha value is -7.39. The van der Waals surface area contributed by atoms with Crippen molar-refractivity contribution in [1.82, 2.24) is 20.3 Å². The molecule has 2 N–H and O–H groups in total. The summed E-state index contributed by atoms with van der Waals surface area (Å²) in [6, 6.07) is 65.3. The van der Waals surface area contributed by atoms with Gasteiger partial charge < -0.3 is 15.4 Å². The van der Waals surface area contributed by atoms with Gasteiger partial charge in [0.25, 0.3) is 0 Å². The molecule has 3 aliphatic rings. The number of benzene rings is 8. The molecule has 61 heavy (non-hydrogen) atoms. The second-order valence-electron chi connectivity index (χ2n) is 13.4. The molecule has 0 saturated carbocycles. The van der Waals surface area contributed by atoms with Gasteiger partial charge in [0.05, 0.1) is 57.2 Å². The number of aromatic nitrogens is 4. The molecule has 3 aliphatic heterocycles. The molecule has 0 saturated heterocycles. The molecule has 0 unspecified atom stereocenters. The first kappa shape index (κ1) is 39.1. The molecule has 11 heteroatoms. The molecule has 0 amide bonds. The van der Waals surface area contributed by atoms with Crippen molar-refractivity contribution in [3.05, 3.63) is 216 Å². The van der Waals surface area contributed by atoms with Crippen LogP contribution >= 0.6 is 11.8 Å². The predicted octanol–water partition coefficient (Wildman–Crippen LogP) is 11.5. The van der Waals surface area contributed by atoms with Crippen LogP contribution in [0.4, 0.5) is 28.4 Å². The van der Waals surface area contributed by atoms with Crippen molar-refractivity contribution in [1.29, 1.82) is 0 Å². The average Bonchev–Trinajstić information content (AvgIpc) is 3.93. The van der Waals surface area contributed by atoms with Gasteiger partial charge in [-0.05, 0) is 72.8 Å². The summed E-state index contributed by atoms with van der Waals surface area (Å²) >= 11 is 1.95. The van der Waals surface area contributed by atoms with Crippen molar-refractivity contribution < 1.29 is 9.37 Å². The first-order valence-corrected chi connectivity index (χ1v) is 22.1. The maximum Gasteiger partial charge on any atom is 0.150 e. The van der Waals surface area contributed by atoms with Crippen LogP contribution in [0.1, 0.15) is 0 Å². The molecule has 0 radical (unpaired) electrons. The third kappa shape index (κ3) is 9.74. The molecule has 294 valence electrons. The number of nitrogens with one attached hydrogen (secondary N) is 2.